The number of aromatic hydroxyl groups is 1. The summed E-state index contributed by atoms with van der Waals surface area (Å²) in [5, 5.41) is 17.4. The first-order valence-electron chi connectivity index (χ1n) is 16.7. The van der Waals surface area contributed by atoms with Crippen LogP contribution in [0.4, 0.5) is 11.6 Å². The third-order valence-electron chi connectivity index (χ3n) is 10.7. The van der Waals surface area contributed by atoms with Crippen LogP contribution in [0.3, 0.4) is 0 Å². The molecule has 0 radical (unpaired) electrons. The number of ether oxygens (including phenoxy) is 1. The van der Waals surface area contributed by atoms with Crippen LogP contribution in [0.2, 0.25) is 0 Å². The number of carbonyl (C=O) groups excluding carboxylic acids is 1. The molecule has 1 atom stereocenters. The Morgan fingerprint density at radius 3 is 2.64 bits per heavy atom. The van der Waals surface area contributed by atoms with Crippen LogP contribution in [0, 0.1) is 22.7 Å². The molecule has 4 bridgehead atoms. The Morgan fingerprint density at radius 2 is 1.89 bits per heavy atom. The monoisotopic (exact) mass is 635 g/mol. The molecule has 1 saturated heterocycles. The number of hydrogen-bond donors (Lipinski definition) is 3. The number of sulfonamides is 1. The SMILES string of the molecule is [2H]C([2H])(COc1ccn(-c2ccc3c(n2)N2C[C@@H](CCCNc4nc(ccc4O)S(=O)(=O)NC3=O)CC2(C)C)n1)C1C2(CC2)C12CC2. The lowest BCUT2D eigenvalue weighted by Crippen LogP contribution is -2.41. The number of carbonyl (C=O) groups is 1. The molecule has 3 aliphatic carbocycles. The van der Waals surface area contributed by atoms with Crippen LogP contribution < -0.4 is 19.7 Å². The van der Waals surface area contributed by atoms with Crippen LogP contribution in [-0.2, 0) is 10.0 Å². The molecule has 0 aromatic carbocycles. The zero-order valence-corrected chi connectivity index (χ0v) is 26.2. The molecule has 5 aliphatic rings. The summed E-state index contributed by atoms with van der Waals surface area (Å²) in [7, 11) is -4.39. The highest BCUT2D eigenvalue weighted by atomic mass is 32.2. The maximum atomic E-state index is 13.7. The predicted molar refractivity (Wildman–Crippen MR) is 166 cm³/mol. The molecular formula is C32H39N7O5S. The maximum absolute atomic E-state index is 13.7. The van der Waals surface area contributed by atoms with Crippen molar-refractivity contribution >= 4 is 27.6 Å². The summed E-state index contributed by atoms with van der Waals surface area (Å²) < 4.78 is 53.6. The number of pyridine rings is 2. The van der Waals surface area contributed by atoms with E-state index in [1.807, 2.05) is 0 Å². The number of fused-ring (bicyclic) bond motifs is 7. The van der Waals surface area contributed by atoms with Gasteiger partial charge in [0.1, 0.15) is 5.82 Å². The Bertz CT molecular complexity index is 1870. The lowest BCUT2D eigenvalue weighted by atomic mass is 9.93. The summed E-state index contributed by atoms with van der Waals surface area (Å²) in [6, 6.07) is 7.18. The fraction of sp³-hybridized carbons (Fsp3) is 0.562. The van der Waals surface area contributed by atoms with E-state index < -0.39 is 27.3 Å². The van der Waals surface area contributed by atoms with Crippen LogP contribution in [0.15, 0.2) is 41.6 Å². The Morgan fingerprint density at radius 1 is 1.11 bits per heavy atom. The molecule has 0 unspecified atom stereocenters. The highest BCUT2D eigenvalue weighted by Crippen LogP contribution is 2.93. The number of rotatable bonds is 5. The van der Waals surface area contributed by atoms with Crippen LogP contribution in [0.5, 0.6) is 11.6 Å². The molecule has 3 aromatic heterocycles. The molecule has 4 fully saturated rings. The van der Waals surface area contributed by atoms with Crippen molar-refractivity contribution in [3.8, 4) is 17.4 Å². The molecule has 5 heterocycles. The van der Waals surface area contributed by atoms with Gasteiger partial charge in [-0.2, -0.15) is 8.42 Å². The molecule has 3 saturated carbocycles. The van der Waals surface area contributed by atoms with Gasteiger partial charge in [0.2, 0.25) is 5.88 Å². The van der Waals surface area contributed by atoms with Gasteiger partial charge in [-0.1, -0.05) is 0 Å². The largest absolute Gasteiger partial charge is 0.504 e. The van der Waals surface area contributed by atoms with Gasteiger partial charge in [0.25, 0.3) is 15.9 Å². The smallest absolute Gasteiger partial charge is 0.281 e. The van der Waals surface area contributed by atoms with Gasteiger partial charge in [-0.3, -0.25) is 4.79 Å². The van der Waals surface area contributed by atoms with Gasteiger partial charge < -0.3 is 20.1 Å². The minimum atomic E-state index is -4.39. The van der Waals surface area contributed by atoms with Crippen LogP contribution in [0.1, 0.15) is 78.3 Å². The molecule has 3 N–H and O–H groups in total. The highest BCUT2D eigenvalue weighted by molar-refractivity contribution is 7.90. The first-order valence-corrected chi connectivity index (χ1v) is 17.2. The van der Waals surface area contributed by atoms with E-state index in [1.165, 1.54) is 10.7 Å². The second-order valence-electron chi connectivity index (χ2n) is 13.9. The summed E-state index contributed by atoms with van der Waals surface area (Å²) in [5.41, 5.74) is 0.128. The zero-order valence-electron chi connectivity index (χ0n) is 27.4. The summed E-state index contributed by atoms with van der Waals surface area (Å²) in [6.45, 7) is 5.19. The first kappa shape index (κ1) is 26.4. The fourth-order valence-corrected chi connectivity index (χ4v) is 9.04. The number of nitrogens with zero attached hydrogens (tertiary/aromatic N) is 5. The molecular weight excluding hydrogens is 594 g/mol. The standard InChI is InChI=1S/C32H39N7O5S/c1-30(2)18-20-4-3-15-33-27-22(40)6-8-26(35-27)45(42,43)37-29(41)21-5-7-24(34-28(21)38(30)19-20)39-16-9-25(36-39)44-17-10-23-31(11-12-31)32(23)13-14-32/h5-9,16,20,23,40H,3-4,10-15,17-19H2,1-2H3,(H,33,35)(H,37,41)/t20-/m0/s1/i10D2. The number of amides is 1. The Balaban J connectivity index is 1.09. The van der Waals surface area contributed by atoms with E-state index in [2.05, 4.69) is 38.9 Å². The van der Waals surface area contributed by atoms with Crippen molar-refractivity contribution in [1.29, 1.82) is 0 Å². The summed E-state index contributed by atoms with van der Waals surface area (Å²) in [6.07, 6.45) is 7.22. The van der Waals surface area contributed by atoms with E-state index in [1.54, 1.807) is 24.4 Å². The number of anilines is 2. The van der Waals surface area contributed by atoms with Gasteiger partial charge in [-0.25, -0.2) is 19.4 Å². The Kier molecular flexibility index (Phi) is 5.75. The van der Waals surface area contributed by atoms with Gasteiger partial charge in [0.15, 0.2) is 22.4 Å². The van der Waals surface area contributed by atoms with Gasteiger partial charge in [-0.05, 0) is 112 Å². The topological polar surface area (TPSA) is 152 Å². The number of nitrogens with one attached hydrogen (secondary N) is 2. The highest BCUT2D eigenvalue weighted by Gasteiger charge is 2.85. The van der Waals surface area contributed by atoms with E-state index in [9.17, 15) is 18.3 Å². The average Bonchev–Trinajstić information content (AvgIpc) is 3.97. The quantitative estimate of drug-likeness (QED) is 0.371. The third-order valence-corrected chi connectivity index (χ3v) is 11.9. The van der Waals surface area contributed by atoms with Gasteiger partial charge in [-0.15, -0.1) is 5.10 Å². The van der Waals surface area contributed by atoms with Gasteiger partial charge in [0, 0.05) is 33.6 Å². The van der Waals surface area contributed by atoms with Crippen molar-refractivity contribution in [3.63, 3.8) is 0 Å². The van der Waals surface area contributed by atoms with Crippen LogP contribution in [0.25, 0.3) is 5.82 Å². The summed E-state index contributed by atoms with van der Waals surface area (Å²) in [5.74, 6) is 0.369. The van der Waals surface area contributed by atoms with E-state index in [0.717, 1.165) is 51.0 Å². The average molecular weight is 636 g/mol. The van der Waals surface area contributed by atoms with E-state index in [0.29, 0.717) is 24.7 Å². The van der Waals surface area contributed by atoms with Crippen LogP contribution in [-0.4, -0.2) is 64.4 Å². The Labute approximate surface area is 265 Å². The van der Waals surface area contributed by atoms with E-state index >= 15 is 0 Å². The van der Waals surface area contributed by atoms with Crippen molar-refractivity contribution in [3.05, 3.63) is 42.1 Å². The van der Waals surface area contributed by atoms with Crippen molar-refractivity contribution in [2.45, 2.75) is 75.7 Å². The molecule has 13 heteroatoms. The molecule has 12 nitrogen and oxygen atoms in total. The lowest BCUT2D eigenvalue weighted by molar-refractivity contribution is 0.0981. The Hall–Kier alpha value is -3.87. The van der Waals surface area contributed by atoms with Crippen molar-refractivity contribution in [1.82, 2.24) is 24.5 Å². The molecule has 2 spiro atoms. The maximum Gasteiger partial charge on any atom is 0.281 e. The molecule has 8 rings (SSSR count). The van der Waals surface area contributed by atoms with Crippen LogP contribution >= 0.6 is 0 Å². The van der Waals surface area contributed by atoms with Gasteiger partial charge in [0.05, 0.1) is 12.2 Å². The fourth-order valence-electron chi connectivity index (χ4n) is 8.13. The second kappa shape index (κ2) is 9.81. The van der Waals surface area contributed by atoms with Gasteiger partial charge >= 0.3 is 0 Å². The first-order chi connectivity index (χ1) is 22.2. The lowest BCUT2D eigenvalue weighted by Gasteiger charge is -2.34. The van der Waals surface area contributed by atoms with Crippen molar-refractivity contribution < 1.29 is 25.8 Å². The summed E-state index contributed by atoms with van der Waals surface area (Å²) >= 11 is 0. The minimum Gasteiger partial charge on any atom is -0.504 e. The number of hydrogen-bond acceptors (Lipinski definition) is 10. The van der Waals surface area contributed by atoms with E-state index in [4.69, 9.17) is 12.5 Å². The molecule has 3 aromatic rings. The minimum absolute atomic E-state index is 0.0418. The van der Waals surface area contributed by atoms with Crippen molar-refractivity contribution in [2.24, 2.45) is 22.7 Å². The molecule has 238 valence electrons. The second-order valence-corrected chi connectivity index (χ2v) is 15.5. The van der Waals surface area contributed by atoms with E-state index in [-0.39, 0.29) is 57.8 Å². The molecule has 45 heavy (non-hydrogen) atoms. The number of aromatic nitrogens is 4. The third kappa shape index (κ3) is 4.72. The molecule has 2 aliphatic heterocycles. The predicted octanol–water partition coefficient (Wildman–Crippen LogP) is 4.26. The van der Waals surface area contributed by atoms with Crippen molar-refractivity contribution in [2.75, 3.05) is 29.9 Å². The normalized spacial score (nSPS) is 26.0. The zero-order chi connectivity index (χ0) is 33.0. The summed E-state index contributed by atoms with van der Waals surface area (Å²) in [4.78, 5) is 24.7. The molecule has 1 amide bonds.